The number of nitrogens with zero attached hydrogens (tertiary/aromatic N) is 4. The lowest BCUT2D eigenvalue weighted by Gasteiger charge is -2.16. The average molecular weight is 623 g/mol. The number of pyridine rings is 2. The van der Waals surface area contributed by atoms with Crippen LogP contribution in [0.2, 0.25) is 0 Å². The van der Waals surface area contributed by atoms with Gasteiger partial charge in [0.2, 0.25) is 0 Å². The van der Waals surface area contributed by atoms with Crippen molar-refractivity contribution in [1.29, 1.82) is 0 Å². The molecule has 0 atom stereocenters. The molecule has 1 amide bonds. The molecule has 1 aliphatic rings. The maximum atomic E-state index is 14.1. The van der Waals surface area contributed by atoms with Gasteiger partial charge in [-0.3, -0.25) is 14.3 Å². The van der Waals surface area contributed by atoms with Crippen LogP contribution in [0, 0.1) is 6.92 Å². The van der Waals surface area contributed by atoms with Crippen molar-refractivity contribution in [3.8, 4) is 16.9 Å². The fourth-order valence-corrected chi connectivity index (χ4v) is 7.08. The number of alkyl halides is 3. The highest BCUT2D eigenvalue weighted by Gasteiger charge is 2.32. The van der Waals surface area contributed by atoms with Crippen LogP contribution in [0.25, 0.3) is 27.8 Å². The van der Waals surface area contributed by atoms with Gasteiger partial charge in [0.15, 0.2) is 0 Å². The molecule has 0 spiro atoms. The van der Waals surface area contributed by atoms with Gasteiger partial charge in [-0.15, -0.1) is 0 Å². The fourth-order valence-electron chi connectivity index (χ4n) is 5.49. The van der Waals surface area contributed by atoms with Gasteiger partial charge < -0.3 is 10.0 Å². The Kier molecular flexibility index (Phi) is 7.07. The van der Waals surface area contributed by atoms with E-state index in [0.717, 1.165) is 11.6 Å². The van der Waals surface area contributed by atoms with Crippen LogP contribution in [-0.4, -0.2) is 44.6 Å². The molecule has 2 aromatic carbocycles. The van der Waals surface area contributed by atoms with E-state index < -0.39 is 33.4 Å². The monoisotopic (exact) mass is 622 g/mol. The second-order valence-electron chi connectivity index (χ2n) is 10.6. The minimum absolute atomic E-state index is 0.00566. The molecule has 6 rings (SSSR count). The summed E-state index contributed by atoms with van der Waals surface area (Å²) in [7, 11) is -4.13. The van der Waals surface area contributed by atoms with Gasteiger partial charge >= 0.3 is 12.3 Å². The van der Waals surface area contributed by atoms with Crippen molar-refractivity contribution >= 4 is 27.0 Å². The van der Waals surface area contributed by atoms with Crippen molar-refractivity contribution in [2.45, 2.75) is 37.4 Å². The van der Waals surface area contributed by atoms with Crippen LogP contribution >= 0.6 is 0 Å². The molecule has 4 heterocycles. The van der Waals surface area contributed by atoms with Crippen LogP contribution in [0.1, 0.15) is 28.8 Å². The molecular formula is C31H25F3N4O5S. The predicted molar refractivity (Wildman–Crippen MR) is 156 cm³/mol. The summed E-state index contributed by atoms with van der Waals surface area (Å²) < 4.78 is 69.6. The van der Waals surface area contributed by atoms with Gasteiger partial charge in [-0.25, -0.2) is 17.2 Å². The van der Waals surface area contributed by atoms with E-state index in [1.54, 1.807) is 30.3 Å². The molecule has 226 valence electrons. The molecule has 0 saturated carbocycles. The molecule has 5 aromatic rings. The highest BCUT2D eigenvalue weighted by Crippen LogP contribution is 2.35. The number of carbonyl (C=O) groups is 1. The van der Waals surface area contributed by atoms with E-state index in [9.17, 15) is 36.3 Å². The third-order valence-corrected chi connectivity index (χ3v) is 9.49. The molecule has 0 unspecified atom stereocenters. The van der Waals surface area contributed by atoms with Gasteiger partial charge in [0.1, 0.15) is 0 Å². The van der Waals surface area contributed by atoms with Gasteiger partial charge in [-0.2, -0.15) is 13.2 Å². The summed E-state index contributed by atoms with van der Waals surface area (Å²) in [6, 6.07) is 16.2. The number of aryl methyl sites for hydroxylation is 1. The summed E-state index contributed by atoms with van der Waals surface area (Å²) in [6.07, 6.45) is -2.76. The standard InChI is InChI=1S/C31H25F3N4O5S/c1-19-4-8-23(9-5-19)44(42,43)38-27-3-2-13-36(30(40)41)18-25(27)24-10-7-22(16-28(24)38)37-14-12-20(15-29(37)39)26-11-6-21(17-35-26)31(32,33)34/h4-12,14-17H,2-3,13,18H2,1H3,(H,40,41). The van der Waals surface area contributed by atoms with E-state index in [4.69, 9.17) is 0 Å². The number of hydrogen-bond acceptors (Lipinski definition) is 5. The second-order valence-corrected chi connectivity index (χ2v) is 12.4. The largest absolute Gasteiger partial charge is 0.465 e. The van der Waals surface area contributed by atoms with Crippen LogP contribution in [0.5, 0.6) is 0 Å². The van der Waals surface area contributed by atoms with Crippen molar-refractivity contribution in [1.82, 2.24) is 18.4 Å². The Balaban J connectivity index is 1.49. The number of aromatic nitrogens is 3. The molecular weight excluding hydrogens is 597 g/mol. The zero-order valence-corrected chi connectivity index (χ0v) is 24.1. The Morgan fingerprint density at radius 3 is 2.39 bits per heavy atom. The third-order valence-electron chi connectivity index (χ3n) is 7.72. The number of amides is 1. The molecule has 44 heavy (non-hydrogen) atoms. The van der Waals surface area contributed by atoms with Gasteiger partial charge in [-0.1, -0.05) is 23.8 Å². The smallest absolute Gasteiger partial charge is 0.417 e. The first-order valence-corrected chi connectivity index (χ1v) is 15.0. The molecule has 9 nitrogen and oxygen atoms in total. The number of fused-ring (bicyclic) bond motifs is 3. The number of carboxylic acid groups (broad SMARTS) is 1. The Morgan fingerprint density at radius 1 is 1.00 bits per heavy atom. The Labute approximate surface area is 249 Å². The van der Waals surface area contributed by atoms with Gasteiger partial charge in [0.05, 0.1) is 33.9 Å². The number of rotatable bonds is 4. The summed E-state index contributed by atoms with van der Waals surface area (Å²) in [5.41, 5.74) is 1.66. The molecule has 0 saturated heterocycles. The molecule has 0 aliphatic carbocycles. The normalized spacial score (nSPS) is 14.0. The van der Waals surface area contributed by atoms with E-state index in [1.165, 1.54) is 50.0 Å². The zero-order chi connectivity index (χ0) is 31.4. The van der Waals surface area contributed by atoms with E-state index in [0.29, 0.717) is 52.4 Å². The van der Waals surface area contributed by atoms with Crippen LogP contribution in [-0.2, 0) is 29.2 Å². The zero-order valence-electron chi connectivity index (χ0n) is 23.2. The second kappa shape index (κ2) is 10.7. The Hall–Kier alpha value is -4.91. The Morgan fingerprint density at radius 2 is 1.75 bits per heavy atom. The van der Waals surface area contributed by atoms with E-state index in [-0.39, 0.29) is 23.7 Å². The van der Waals surface area contributed by atoms with Crippen molar-refractivity contribution in [3.63, 3.8) is 0 Å². The van der Waals surface area contributed by atoms with Crippen molar-refractivity contribution < 1.29 is 31.5 Å². The first-order chi connectivity index (χ1) is 20.8. The first-order valence-electron chi connectivity index (χ1n) is 13.6. The summed E-state index contributed by atoms with van der Waals surface area (Å²) in [4.78, 5) is 30.3. The van der Waals surface area contributed by atoms with Gasteiger partial charge in [0.25, 0.3) is 15.6 Å². The van der Waals surface area contributed by atoms with Crippen molar-refractivity contribution in [3.05, 3.63) is 112 Å². The molecule has 0 bridgehead atoms. The van der Waals surface area contributed by atoms with Crippen molar-refractivity contribution in [2.75, 3.05) is 6.54 Å². The first kappa shape index (κ1) is 29.2. The van der Waals surface area contributed by atoms with Gasteiger partial charge in [-0.05, 0) is 62.2 Å². The lowest BCUT2D eigenvalue weighted by molar-refractivity contribution is -0.137. The third kappa shape index (κ3) is 5.12. The lowest BCUT2D eigenvalue weighted by atomic mass is 10.1. The Bertz CT molecular complexity index is 2080. The highest BCUT2D eigenvalue weighted by atomic mass is 32.2. The van der Waals surface area contributed by atoms with E-state index >= 15 is 0 Å². The molecule has 0 fully saturated rings. The van der Waals surface area contributed by atoms with E-state index in [2.05, 4.69) is 4.98 Å². The number of hydrogen-bond donors (Lipinski definition) is 1. The topological polar surface area (TPSA) is 115 Å². The van der Waals surface area contributed by atoms with Crippen LogP contribution in [0.4, 0.5) is 18.0 Å². The summed E-state index contributed by atoms with van der Waals surface area (Å²) in [5.74, 6) is 0. The molecule has 1 aliphatic heterocycles. The van der Waals surface area contributed by atoms with Crippen LogP contribution < -0.4 is 5.56 Å². The number of halogens is 3. The summed E-state index contributed by atoms with van der Waals surface area (Å²) >= 11 is 0. The predicted octanol–water partition coefficient (Wildman–Crippen LogP) is 5.84. The van der Waals surface area contributed by atoms with E-state index in [1.807, 2.05) is 6.92 Å². The highest BCUT2D eigenvalue weighted by molar-refractivity contribution is 7.90. The summed E-state index contributed by atoms with van der Waals surface area (Å²) in [6.45, 7) is 2.10. The molecule has 13 heteroatoms. The summed E-state index contributed by atoms with van der Waals surface area (Å²) in [5, 5.41) is 10.3. The minimum atomic E-state index is -4.54. The lowest BCUT2D eigenvalue weighted by Crippen LogP contribution is -2.28. The SMILES string of the molecule is Cc1ccc(S(=O)(=O)n2c3c(c4ccc(-n5ccc(-c6ccc(C(F)(F)F)cn6)cc5=O)cc42)CN(C(=O)O)CCC3)cc1. The maximum Gasteiger partial charge on any atom is 0.417 e. The fraction of sp³-hybridized carbons (Fsp3) is 0.194. The molecule has 1 N–H and O–H groups in total. The average Bonchev–Trinajstić information content (AvgIpc) is 3.12. The van der Waals surface area contributed by atoms with Gasteiger partial charge in [0, 0.05) is 47.2 Å². The molecule has 3 aromatic heterocycles. The maximum absolute atomic E-state index is 14.1. The minimum Gasteiger partial charge on any atom is -0.465 e. The number of benzene rings is 2. The van der Waals surface area contributed by atoms with Crippen LogP contribution in [0.3, 0.4) is 0 Å². The van der Waals surface area contributed by atoms with Crippen molar-refractivity contribution in [2.24, 2.45) is 0 Å². The van der Waals surface area contributed by atoms with Crippen LogP contribution in [0.15, 0.2) is 88.8 Å². The quantitative estimate of drug-likeness (QED) is 0.269. The molecule has 0 radical (unpaired) electrons.